The second-order valence-corrected chi connectivity index (χ2v) is 3.24. The van der Waals surface area contributed by atoms with Crippen LogP contribution in [0.2, 0.25) is 0 Å². The summed E-state index contributed by atoms with van der Waals surface area (Å²) in [6, 6.07) is 1.61. The van der Waals surface area contributed by atoms with Crippen molar-refractivity contribution in [2.75, 3.05) is 6.54 Å². The van der Waals surface area contributed by atoms with Crippen molar-refractivity contribution in [1.82, 2.24) is 10.5 Å². The first-order chi connectivity index (χ1) is 7.24. The quantitative estimate of drug-likeness (QED) is 0.587. The van der Waals surface area contributed by atoms with Crippen LogP contribution < -0.4 is 5.32 Å². The smallest absolute Gasteiger partial charge is 0.273 e. The van der Waals surface area contributed by atoms with E-state index in [0.29, 0.717) is 18.0 Å². The van der Waals surface area contributed by atoms with E-state index in [-0.39, 0.29) is 5.91 Å². The average Bonchev–Trinajstić information content (AvgIpc) is 2.64. The van der Waals surface area contributed by atoms with Gasteiger partial charge in [0, 0.05) is 19.0 Å². The summed E-state index contributed by atoms with van der Waals surface area (Å²) in [5.41, 5.74) is 0.324. The van der Waals surface area contributed by atoms with Crippen molar-refractivity contribution >= 4 is 5.91 Å². The Bertz CT molecular complexity index is 363. The number of nitrogens with one attached hydrogen (secondary N) is 1. The lowest BCUT2D eigenvalue weighted by Gasteiger charge is -2.00. The fourth-order valence-electron chi connectivity index (χ4n) is 1.12. The molecule has 0 fully saturated rings. The molecule has 4 nitrogen and oxygen atoms in total. The highest BCUT2D eigenvalue weighted by molar-refractivity contribution is 5.92. The molecule has 1 rings (SSSR count). The van der Waals surface area contributed by atoms with E-state index in [0.717, 1.165) is 19.3 Å². The summed E-state index contributed by atoms with van der Waals surface area (Å²) in [4.78, 5) is 11.4. The molecule has 1 amide bonds. The number of rotatable bonds is 5. The third kappa shape index (κ3) is 3.86. The molecule has 1 N–H and O–H groups in total. The lowest BCUT2D eigenvalue weighted by atomic mass is 10.2. The fourth-order valence-corrected chi connectivity index (χ4v) is 1.12. The average molecular weight is 206 g/mol. The maximum atomic E-state index is 11.4. The van der Waals surface area contributed by atoms with E-state index in [9.17, 15) is 4.79 Å². The molecule has 1 heterocycles. The highest BCUT2D eigenvalue weighted by Crippen LogP contribution is 2.01. The molecule has 0 saturated carbocycles. The van der Waals surface area contributed by atoms with E-state index in [4.69, 9.17) is 10.9 Å². The number of nitrogens with zero attached hydrogens (tertiary/aromatic N) is 1. The summed E-state index contributed by atoms with van der Waals surface area (Å²) in [6.45, 7) is 2.36. The second-order valence-electron chi connectivity index (χ2n) is 3.24. The predicted molar refractivity (Wildman–Crippen MR) is 56.3 cm³/mol. The maximum absolute atomic E-state index is 11.4. The van der Waals surface area contributed by atoms with Crippen LogP contribution in [0, 0.1) is 19.3 Å². The van der Waals surface area contributed by atoms with Gasteiger partial charge in [-0.1, -0.05) is 5.16 Å². The minimum atomic E-state index is -0.201. The molecule has 0 aliphatic rings. The molecular formula is C11H14N2O2. The van der Waals surface area contributed by atoms with Gasteiger partial charge >= 0.3 is 0 Å². The van der Waals surface area contributed by atoms with Crippen LogP contribution in [0.1, 0.15) is 35.5 Å². The van der Waals surface area contributed by atoms with Crippen LogP contribution in [-0.4, -0.2) is 17.6 Å². The molecule has 0 spiro atoms. The van der Waals surface area contributed by atoms with Crippen molar-refractivity contribution in [3.8, 4) is 12.3 Å². The zero-order valence-corrected chi connectivity index (χ0v) is 8.75. The Balaban J connectivity index is 2.23. The number of carbonyl (C=O) groups excluding carboxylic acids is 1. The van der Waals surface area contributed by atoms with E-state index in [1.807, 2.05) is 0 Å². The zero-order chi connectivity index (χ0) is 11.1. The molecule has 0 saturated heterocycles. The molecule has 0 radical (unpaired) electrons. The maximum Gasteiger partial charge on any atom is 0.273 e. The topological polar surface area (TPSA) is 55.1 Å². The SMILES string of the molecule is C#CCCCCNC(=O)c1cc(C)on1. The predicted octanol–water partition coefficient (Wildman–Crippen LogP) is 1.52. The van der Waals surface area contributed by atoms with Gasteiger partial charge in [0.2, 0.25) is 0 Å². The number of terminal acetylenes is 1. The van der Waals surface area contributed by atoms with Crippen molar-refractivity contribution in [2.24, 2.45) is 0 Å². The van der Waals surface area contributed by atoms with Gasteiger partial charge in [-0.15, -0.1) is 12.3 Å². The van der Waals surface area contributed by atoms with Crippen LogP contribution in [0.3, 0.4) is 0 Å². The summed E-state index contributed by atoms with van der Waals surface area (Å²) in [5, 5.41) is 6.35. The molecule has 0 aliphatic carbocycles. The molecule has 15 heavy (non-hydrogen) atoms. The van der Waals surface area contributed by atoms with Gasteiger partial charge in [0.1, 0.15) is 5.76 Å². The summed E-state index contributed by atoms with van der Waals surface area (Å²) in [6.07, 6.45) is 7.66. The molecular weight excluding hydrogens is 192 g/mol. The number of unbranched alkanes of at least 4 members (excludes halogenated alkanes) is 2. The number of carbonyl (C=O) groups is 1. The Hall–Kier alpha value is -1.76. The molecule has 0 bridgehead atoms. The number of hydrogen-bond acceptors (Lipinski definition) is 3. The first-order valence-electron chi connectivity index (χ1n) is 4.89. The van der Waals surface area contributed by atoms with Gasteiger partial charge in [0.15, 0.2) is 5.69 Å². The summed E-state index contributed by atoms with van der Waals surface area (Å²) < 4.78 is 4.79. The van der Waals surface area contributed by atoms with Crippen molar-refractivity contribution in [3.05, 3.63) is 17.5 Å². The van der Waals surface area contributed by atoms with E-state index >= 15 is 0 Å². The van der Waals surface area contributed by atoms with Crippen LogP contribution in [0.15, 0.2) is 10.6 Å². The molecule has 0 unspecified atom stereocenters. The third-order valence-electron chi connectivity index (χ3n) is 1.89. The summed E-state index contributed by atoms with van der Waals surface area (Å²) in [5.74, 6) is 2.98. The molecule has 0 atom stereocenters. The van der Waals surface area contributed by atoms with Crippen molar-refractivity contribution < 1.29 is 9.32 Å². The van der Waals surface area contributed by atoms with Crippen molar-refractivity contribution in [3.63, 3.8) is 0 Å². The van der Waals surface area contributed by atoms with E-state index in [1.54, 1.807) is 13.0 Å². The lowest BCUT2D eigenvalue weighted by molar-refractivity contribution is 0.0944. The van der Waals surface area contributed by atoms with Crippen molar-refractivity contribution in [1.29, 1.82) is 0 Å². The zero-order valence-electron chi connectivity index (χ0n) is 8.75. The number of aryl methyl sites for hydroxylation is 1. The molecule has 80 valence electrons. The highest BCUT2D eigenvalue weighted by Gasteiger charge is 2.09. The van der Waals surface area contributed by atoms with E-state index in [1.165, 1.54) is 0 Å². The van der Waals surface area contributed by atoms with Crippen LogP contribution in [0.25, 0.3) is 0 Å². The van der Waals surface area contributed by atoms with Gasteiger partial charge in [-0.05, 0) is 19.8 Å². The van der Waals surface area contributed by atoms with Gasteiger partial charge in [0.25, 0.3) is 5.91 Å². The Labute approximate surface area is 89.0 Å². The van der Waals surface area contributed by atoms with E-state index in [2.05, 4.69) is 16.4 Å². The molecule has 0 aliphatic heterocycles. The molecule has 1 aromatic heterocycles. The first kappa shape index (κ1) is 11.3. The number of amides is 1. The van der Waals surface area contributed by atoms with Gasteiger partial charge in [-0.2, -0.15) is 0 Å². The number of aromatic nitrogens is 1. The van der Waals surface area contributed by atoms with Crippen LogP contribution >= 0.6 is 0 Å². The van der Waals surface area contributed by atoms with Gasteiger partial charge in [-0.3, -0.25) is 4.79 Å². The molecule has 4 heteroatoms. The Kier molecular flexibility index (Phi) is 4.42. The van der Waals surface area contributed by atoms with Crippen molar-refractivity contribution in [2.45, 2.75) is 26.2 Å². The van der Waals surface area contributed by atoms with E-state index < -0.39 is 0 Å². The highest BCUT2D eigenvalue weighted by atomic mass is 16.5. The minimum absolute atomic E-state index is 0.201. The van der Waals surface area contributed by atoms with Gasteiger partial charge in [0.05, 0.1) is 0 Å². The standard InChI is InChI=1S/C11H14N2O2/c1-3-4-5-6-7-12-11(14)10-8-9(2)15-13-10/h1,8H,4-7H2,2H3,(H,12,14). The third-order valence-corrected chi connectivity index (χ3v) is 1.89. The Morgan fingerprint density at radius 1 is 1.67 bits per heavy atom. The Morgan fingerprint density at radius 2 is 2.47 bits per heavy atom. The summed E-state index contributed by atoms with van der Waals surface area (Å²) >= 11 is 0. The Morgan fingerprint density at radius 3 is 3.07 bits per heavy atom. The molecule has 0 aromatic carbocycles. The van der Waals surface area contributed by atoms with Crippen LogP contribution in [0.5, 0.6) is 0 Å². The van der Waals surface area contributed by atoms with Gasteiger partial charge < -0.3 is 9.84 Å². The van der Waals surface area contributed by atoms with Crippen LogP contribution in [0.4, 0.5) is 0 Å². The normalized spacial score (nSPS) is 9.60. The minimum Gasteiger partial charge on any atom is -0.361 e. The fraction of sp³-hybridized carbons (Fsp3) is 0.455. The number of hydrogen-bond donors (Lipinski definition) is 1. The second kappa shape index (κ2) is 5.86. The monoisotopic (exact) mass is 206 g/mol. The first-order valence-corrected chi connectivity index (χ1v) is 4.89. The lowest BCUT2D eigenvalue weighted by Crippen LogP contribution is -2.24. The largest absolute Gasteiger partial charge is 0.361 e. The van der Waals surface area contributed by atoms with Gasteiger partial charge in [-0.25, -0.2) is 0 Å². The molecule has 1 aromatic rings. The van der Waals surface area contributed by atoms with Crippen LogP contribution in [-0.2, 0) is 0 Å². The summed E-state index contributed by atoms with van der Waals surface area (Å²) in [7, 11) is 0.